The average molecular weight is 351 g/mol. The van der Waals surface area contributed by atoms with Gasteiger partial charge in [0.15, 0.2) is 11.5 Å². The van der Waals surface area contributed by atoms with E-state index in [0.29, 0.717) is 24.5 Å². The summed E-state index contributed by atoms with van der Waals surface area (Å²) >= 11 is 0. The van der Waals surface area contributed by atoms with Crippen LogP contribution in [-0.2, 0) is 11.2 Å². The highest BCUT2D eigenvalue weighted by Crippen LogP contribution is 2.29. The molecule has 0 heterocycles. The van der Waals surface area contributed by atoms with Gasteiger partial charge in [-0.15, -0.1) is 0 Å². The maximum Gasteiger partial charge on any atom is 0.311 e. The highest BCUT2D eigenvalue weighted by atomic mass is 16.6. The summed E-state index contributed by atoms with van der Waals surface area (Å²) in [5, 5.41) is 8.58. The molecule has 2 aromatic carbocycles. The Balaban J connectivity index is 1.94. The van der Waals surface area contributed by atoms with E-state index in [1.165, 1.54) is 13.2 Å². The molecule has 134 valence electrons. The van der Waals surface area contributed by atoms with Crippen LogP contribution in [0.25, 0.3) is 6.08 Å². The Kier molecular flexibility index (Phi) is 7.26. The van der Waals surface area contributed by atoms with Crippen molar-refractivity contribution < 1.29 is 19.0 Å². The molecule has 0 N–H and O–H groups in total. The average Bonchev–Trinajstić information content (AvgIpc) is 2.67. The van der Waals surface area contributed by atoms with Gasteiger partial charge in [-0.2, -0.15) is 5.26 Å². The monoisotopic (exact) mass is 351 g/mol. The van der Waals surface area contributed by atoms with Crippen molar-refractivity contribution in [3.05, 3.63) is 59.7 Å². The number of carbonyl (C=O) groups is 1. The number of allylic oxidation sites excluding steroid dienone is 1. The molecule has 0 spiro atoms. The number of nitriles is 1. The van der Waals surface area contributed by atoms with Gasteiger partial charge >= 0.3 is 5.97 Å². The molecule has 0 atom stereocenters. The predicted molar refractivity (Wildman–Crippen MR) is 99.2 cm³/mol. The van der Waals surface area contributed by atoms with Crippen LogP contribution in [0.4, 0.5) is 0 Å². The molecule has 0 radical (unpaired) electrons. The summed E-state index contributed by atoms with van der Waals surface area (Å²) in [7, 11) is 1.50. The lowest BCUT2D eigenvalue weighted by molar-refractivity contribution is -0.134. The summed E-state index contributed by atoms with van der Waals surface area (Å²) in [6.45, 7) is 2.56. The van der Waals surface area contributed by atoms with Gasteiger partial charge in [-0.1, -0.05) is 18.2 Å². The van der Waals surface area contributed by atoms with Crippen LogP contribution in [0.1, 0.15) is 24.5 Å². The number of hydrogen-bond donors (Lipinski definition) is 0. The van der Waals surface area contributed by atoms with Crippen LogP contribution in [0.2, 0.25) is 0 Å². The maximum absolute atomic E-state index is 12.1. The zero-order valence-corrected chi connectivity index (χ0v) is 14.9. The van der Waals surface area contributed by atoms with Gasteiger partial charge < -0.3 is 14.2 Å². The molecule has 0 bridgehead atoms. The highest BCUT2D eigenvalue weighted by molar-refractivity contribution is 5.74. The SMILES string of the molecule is CCOc1ccc(CCC(=O)Oc2ccc(/C=C\C#N)cc2OC)cc1. The molecule has 2 rings (SSSR count). The lowest BCUT2D eigenvalue weighted by Gasteiger charge is -2.10. The number of nitrogens with zero attached hydrogens (tertiary/aromatic N) is 1. The molecule has 0 aliphatic rings. The molecule has 0 amide bonds. The van der Waals surface area contributed by atoms with Crippen molar-refractivity contribution in [3.63, 3.8) is 0 Å². The van der Waals surface area contributed by atoms with Crippen LogP contribution in [-0.4, -0.2) is 19.7 Å². The maximum atomic E-state index is 12.1. The lowest BCUT2D eigenvalue weighted by Crippen LogP contribution is -2.10. The Bertz CT molecular complexity index is 804. The third-order valence-corrected chi connectivity index (χ3v) is 3.61. The Labute approximate surface area is 153 Å². The summed E-state index contributed by atoms with van der Waals surface area (Å²) in [4.78, 5) is 12.1. The number of carbonyl (C=O) groups excluding carboxylic acids is 1. The minimum Gasteiger partial charge on any atom is -0.494 e. The van der Waals surface area contributed by atoms with Crippen molar-refractivity contribution >= 4 is 12.0 Å². The van der Waals surface area contributed by atoms with Crippen LogP contribution >= 0.6 is 0 Å². The van der Waals surface area contributed by atoms with E-state index in [0.717, 1.165) is 16.9 Å². The number of methoxy groups -OCH3 is 1. The third-order valence-electron chi connectivity index (χ3n) is 3.61. The fourth-order valence-electron chi connectivity index (χ4n) is 2.34. The van der Waals surface area contributed by atoms with Gasteiger partial charge in [-0.25, -0.2) is 0 Å². The number of ether oxygens (including phenoxy) is 3. The van der Waals surface area contributed by atoms with Crippen molar-refractivity contribution in [2.75, 3.05) is 13.7 Å². The molecule has 0 aromatic heterocycles. The van der Waals surface area contributed by atoms with Crippen molar-refractivity contribution in [1.29, 1.82) is 5.26 Å². The van der Waals surface area contributed by atoms with Gasteiger partial charge in [0.05, 0.1) is 19.8 Å². The Morgan fingerprint density at radius 2 is 1.92 bits per heavy atom. The fraction of sp³-hybridized carbons (Fsp3) is 0.238. The fourth-order valence-corrected chi connectivity index (χ4v) is 2.34. The van der Waals surface area contributed by atoms with Crippen molar-refractivity contribution in [3.8, 4) is 23.3 Å². The zero-order chi connectivity index (χ0) is 18.8. The molecule has 0 aliphatic heterocycles. The smallest absolute Gasteiger partial charge is 0.311 e. The number of rotatable bonds is 8. The van der Waals surface area contributed by atoms with E-state index in [-0.39, 0.29) is 12.4 Å². The second-order valence-electron chi connectivity index (χ2n) is 5.42. The molecule has 0 saturated heterocycles. The van der Waals surface area contributed by atoms with Gasteiger partial charge in [0.25, 0.3) is 0 Å². The number of benzene rings is 2. The largest absolute Gasteiger partial charge is 0.494 e. The second-order valence-corrected chi connectivity index (χ2v) is 5.42. The van der Waals surface area contributed by atoms with E-state index in [4.69, 9.17) is 19.5 Å². The quantitative estimate of drug-likeness (QED) is 0.406. The van der Waals surface area contributed by atoms with Crippen LogP contribution < -0.4 is 14.2 Å². The number of aryl methyl sites for hydroxylation is 1. The molecule has 0 unspecified atom stereocenters. The second kappa shape index (κ2) is 9.90. The van der Waals surface area contributed by atoms with Gasteiger partial charge in [0.1, 0.15) is 5.75 Å². The number of hydrogen-bond acceptors (Lipinski definition) is 5. The summed E-state index contributed by atoms with van der Waals surface area (Å²) in [5.41, 5.74) is 1.83. The highest BCUT2D eigenvalue weighted by Gasteiger charge is 2.11. The topological polar surface area (TPSA) is 68.5 Å². The molecule has 0 fully saturated rings. The first-order valence-electron chi connectivity index (χ1n) is 8.33. The molecule has 5 heteroatoms. The standard InChI is InChI=1S/C21H21NO4/c1-3-25-18-10-6-16(7-11-18)9-13-21(23)26-19-12-8-17(5-4-14-22)15-20(19)24-2/h4-8,10-12,15H,3,9,13H2,1-2H3/b5-4-. The van der Waals surface area contributed by atoms with E-state index in [1.807, 2.05) is 37.3 Å². The first-order valence-corrected chi connectivity index (χ1v) is 8.33. The van der Waals surface area contributed by atoms with Gasteiger partial charge in [-0.05, 0) is 54.8 Å². The predicted octanol–water partition coefficient (Wildman–Crippen LogP) is 4.17. The van der Waals surface area contributed by atoms with Crippen molar-refractivity contribution in [2.45, 2.75) is 19.8 Å². The minimum absolute atomic E-state index is 0.257. The Morgan fingerprint density at radius 1 is 1.15 bits per heavy atom. The molecule has 0 saturated carbocycles. The van der Waals surface area contributed by atoms with E-state index >= 15 is 0 Å². The van der Waals surface area contributed by atoms with Gasteiger partial charge in [0, 0.05) is 12.5 Å². The summed E-state index contributed by atoms with van der Waals surface area (Å²) in [5.74, 6) is 1.28. The molecule has 5 nitrogen and oxygen atoms in total. The van der Waals surface area contributed by atoms with Crippen molar-refractivity contribution in [2.24, 2.45) is 0 Å². The zero-order valence-electron chi connectivity index (χ0n) is 14.9. The molecular formula is C21H21NO4. The Hall–Kier alpha value is -3.26. The van der Waals surface area contributed by atoms with Crippen LogP contribution in [0.15, 0.2) is 48.5 Å². The number of esters is 1. The van der Waals surface area contributed by atoms with E-state index in [2.05, 4.69) is 0 Å². The van der Waals surface area contributed by atoms with E-state index in [9.17, 15) is 4.79 Å². The van der Waals surface area contributed by atoms with Gasteiger partial charge in [0.2, 0.25) is 0 Å². The minimum atomic E-state index is -0.336. The summed E-state index contributed by atoms with van der Waals surface area (Å²) in [6.07, 6.45) is 3.86. The normalized spacial score (nSPS) is 10.3. The molecule has 0 aliphatic carbocycles. The van der Waals surface area contributed by atoms with Crippen LogP contribution in [0, 0.1) is 11.3 Å². The summed E-state index contributed by atoms with van der Waals surface area (Å²) < 4.78 is 16.1. The molecular weight excluding hydrogens is 330 g/mol. The van der Waals surface area contributed by atoms with E-state index in [1.54, 1.807) is 24.3 Å². The Morgan fingerprint density at radius 3 is 2.58 bits per heavy atom. The van der Waals surface area contributed by atoms with E-state index < -0.39 is 0 Å². The first kappa shape index (κ1) is 19.1. The third kappa shape index (κ3) is 5.67. The first-order chi connectivity index (χ1) is 12.7. The summed E-state index contributed by atoms with van der Waals surface area (Å²) in [6, 6.07) is 14.7. The lowest BCUT2D eigenvalue weighted by atomic mass is 10.1. The van der Waals surface area contributed by atoms with Gasteiger partial charge in [-0.3, -0.25) is 4.79 Å². The van der Waals surface area contributed by atoms with Crippen LogP contribution in [0.5, 0.6) is 17.2 Å². The van der Waals surface area contributed by atoms with Crippen molar-refractivity contribution in [1.82, 2.24) is 0 Å². The van der Waals surface area contributed by atoms with Crippen LogP contribution in [0.3, 0.4) is 0 Å². The molecule has 2 aromatic rings. The molecule has 26 heavy (non-hydrogen) atoms.